The van der Waals surface area contributed by atoms with Gasteiger partial charge in [-0.15, -0.1) is 0 Å². The zero-order valence-electron chi connectivity index (χ0n) is 10.2. The van der Waals surface area contributed by atoms with Gasteiger partial charge in [-0.1, -0.05) is 12.8 Å². The second kappa shape index (κ2) is 4.68. The lowest BCUT2D eigenvalue weighted by atomic mass is 10.2. The highest BCUT2D eigenvalue weighted by molar-refractivity contribution is 5.31. The normalized spacial score (nSPS) is 16.9. The molecule has 0 amide bonds. The highest BCUT2D eigenvalue weighted by atomic mass is 16.5. The summed E-state index contributed by atoms with van der Waals surface area (Å²) in [6, 6.07) is 2.26. The van der Waals surface area contributed by atoms with Crippen LogP contribution >= 0.6 is 0 Å². The van der Waals surface area contributed by atoms with Crippen molar-refractivity contribution in [3.63, 3.8) is 0 Å². The molecule has 1 aromatic heterocycles. The van der Waals surface area contributed by atoms with Crippen molar-refractivity contribution in [1.82, 2.24) is 9.97 Å². The van der Waals surface area contributed by atoms with E-state index in [-0.39, 0.29) is 0 Å². The fourth-order valence-electron chi connectivity index (χ4n) is 1.84. The van der Waals surface area contributed by atoms with Crippen molar-refractivity contribution in [3.8, 4) is 5.88 Å². The van der Waals surface area contributed by atoms with Crippen molar-refractivity contribution in [2.24, 2.45) is 5.92 Å². The summed E-state index contributed by atoms with van der Waals surface area (Å²) in [6.07, 6.45) is 3.97. The van der Waals surface area contributed by atoms with Crippen molar-refractivity contribution in [2.75, 3.05) is 12.4 Å². The number of nitrogens with zero attached hydrogens (tertiary/aromatic N) is 2. The molecule has 4 heteroatoms. The number of rotatable bonds is 5. The van der Waals surface area contributed by atoms with Gasteiger partial charge in [0.25, 0.3) is 0 Å². The van der Waals surface area contributed by atoms with E-state index in [4.69, 9.17) is 4.74 Å². The summed E-state index contributed by atoms with van der Waals surface area (Å²) in [7, 11) is 1.62. The summed E-state index contributed by atoms with van der Waals surface area (Å²) in [4.78, 5) is 8.62. The van der Waals surface area contributed by atoms with E-state index in [0.29, 0.717) is 17.9 Å². The number of ether oxygens (including phenoxy) is 1. The van der Waals surface area contributed by atoms with Crippen LogP contribution in [0.4, 0.5) is 5.95 Å². The molecule has 1 N–H and O–H groups in total. The minimum absolute atomic E-state index is 0.430. The molecule has 1 heterocycles. The SMILES string of the molecule is COc1cc(C)nc(NC(C)CC2CC2)n1. The van der Waals surface area contributed by atoms with Crippen LogP contribution in [0.15, 0.2) is 6.07 Å². The van der Waals surface area contributed by atoms with E-state index >= 15 is 0 Å². The minimum atomic E-state index is 0.430. The first-order valence-electron chi connectivity index (χ1n) is 5.83. The molecule has 0 aliphatic heterocycles. The number of methoxy groups -OCH3 is 1. The van der Waals surface area contributed by atoms with E-state index in [1.807, 2.05) is 13.0 Å². The van der Waals surface area contributed by atoms with Gasteiger partial charge in [-0.25, -0.2) is 4.98 Å². The van der Waals surface area contributed by atoms with Crippen LogP contribution in [0, 0.1) is 12.8 Å². The predicted octanol–water partition coefficient (Wildman–Crippen LogP) is 2.39. The highest BCUT2D eigenvalue weighted by Gasteiger charge is 2.23. The lowest BCUT2D eigenvalue weighted by Gasteiger charge is -2.14. The molecule has 4 nitrogen and oxygen atoms in total. The maximum atomic E-state index is 5.12. The first-order chi connectivity index (χ1) is 7.67. The van der Waals surface area contributed by atoms with Crippen molar-refractivity contribution >= 4 is 5.95 Å². The molecule has 2 rings (SSSR count). The third-order valence-electron chi connectivity index (χ3n) is 2.80. The molecule has 0 bridgehead atoms. The van der Waals surface area contributed by atoms with Crippen molar-refractivity contribution in [2.45, 2.75) is 39.2 Å². The molecule has 0 saturated heterocycles. The van der Waals surface area contributed by atoms with Gasteiger partial charge in [0.1, 0.15) is 0 Å². The van der Waals surface area contributed by atoms with Crippen LogP contribution in [0.5, 0.6) is 5.88 Å². The Labute approximate surface area is 96.4 Å². The molecule has 1 aliphatic rings. The van der Waals surface area contributed by atoms with Crippen LogP contribution in [0.2, 0.25) is 0 Å². The van der Waals surface area contributed by atoms with Gasteiger partial charge in [-0.2, -0.15) is 4.98 Å². The topological polar surface area (TPSA) is 47.0 Å². The van der Waals surface area contributed by atoms with Crippen LogP contribution < -0.4 is 10.1 Å². The number of anilines is 1. The fourth-order valence-corrected chi connectivity index (χ4v) is 1.84. The Hall–Kier alpha value is -1.32. The van der Waals surface area contributed by atoms with Crippen LogP contribution in [-0.4, -0.2) is 23.1 Å². The average Bonchev–Trinajstić information content (AvgIpc) is 3.00. The maximum absolute atomic E-state index is 5.12. The van der Waals surface area contributed by atoms with E-state index in [0.717, 1.165) is 11.6 Å². The number of nitrogens with one attached hydrogen (secondary N) is 1. The van der Waals surface area contributed by atoms with Gasteiger partial charge in [0.15, 0.2) is 0 Å². The molecule has 0 radical (unpaired) electrons. The van der Waals surface area contributed by atoms with Gasteiger partial charge < -0.3 is 10.1 Å². The zero-order valence-corrected chi connectivity index (χ0v) is 10.2. The zero-order chi connectivity index (χ0) is 11.5. The Morgan fingerprint density at radius 1 is 1.50 bits per heavy atom. The standard InChI is InChI=1S/C12H19N3O/c1-8(6-10-4-5-10)13-12-14-9(2)7-11(15-12)16-3/h7-8,10H,4-6H2,1-3H3,(H,13,14,15). The molecule has 1 atom stereocenters. The van der Waals surface area contributed by atoms with Gasteiger partial charge in [0.2, 0.25) is 11.8 Å². The Balaban J connectivity index is 1.98. The lowest BCUT2D eigenvalue weighted by molar-refractivity contribution is 0.396. The first-order valence-corrected chi connectivity index (χ1v) is 5.83. The third kappa shape index (κ3) is 3.08. The molecular weight excluding hydrogens is 202 g/mol. The lowest BCUT2D eigenvalue weighted by Crippen LogP contribution is -2.18. The van der Waals surface area contributed by atoms with E-state index in [1.165, 1.54) is 19.3 Å². The maximum Gasteiger partial charge on any atom is 0.226 e. The summed E-state index contributed by atoms with van der Waals surface area (Å²) in [5, 5.41) is 3.33. The van der Waals surface area contributed by atoms with Gasteiger partial charge in [-0.3, -0.25) is 0 Å². The fraction of sp³-hybridized carbons (Fsp3) is 0.667. The quantitative estimate of drug-likeness (QED) is 0.829. The monoisotopic (exact) mass is 221 g/mol. The van der Waals surface area contributed by atoms with Crippen LogP contribution in [-0.2, 0) is 0 Å². The summed E-state index contributed by atoms with van der Waals surface area (Å²) >= 11 is 0. The van der Waals surface area contributed by atoms with E-state index in [9.17, 15) is 0 Å². The molecular formula is C12H19N3O. The van der Waals surface area contributed by atoms with Gasteiger partial charge in [0, 0.05) is 17.8 Å². The van der Waals surface area contributed by atoms with Crippen molar-refractivity contribution in [3.05, 3.63) is 11.8 Å². The molecule has 1 fully saturated rings. The van der Waals surface area contributed by atoms with Gasteiger partial charge in [-0.05, 0) is 26.2 Å². The number of aryl methyl sites for hydroxylation is 1. The predicted molar refractivity (Wildman–Crippen MR) is 63.7 cm³/mol. The molecule has 88 valence electrons. The van der Waals surface area contributed by atoms with Gasteiger partial charge in [0.05, 0.1) is 7.11 Å². The minimum Gasteiger partial charge on any atom is -0.481 e. The molecule has 1 aromatic rings. The van der Waals surface area contributed by atoms with E-state index < -0.39 is 0 Å². The first kappa shape index (κ1) is 11.2. The summed E-state index contributed by atoms with van der Waals surface area (Å²) < 4.78 is 5.12. The average molecular weight is 221 g/mol. The van der Waals surface area contributed by atoms with E-state index in [2.05, 4.69) is 22.2 Å². The Kier molecular flexibility index (Phi) is 3.27. The van der Waals surface area contributed by atoms with Crippen LogP contribution in [0.25, 0.3) is 0 Å². The second-order valence-electron chi connectivity index (χ2n) is 4.60. The Bertz CT molecular complexity index is 363. The number of aromatic nitrogens is 2. The van der Waals surface area contributed by atoms with Gasteiger partial charge >= 0.3 is 0 Å². The summed E-state index contributed by atoms with van der Waals surface area (Å²) in [5.41, 5.74) is 0.924. The molecule has 0 aromatic carbocycles. The van der Waals surface area contributed by atoms with Crippen molar-refractivity contribution in [1.29, 1.82) is 0 Å². The molecule has 0 spiro atoms. The third-order valence-corrected chi connectivity index (χ3v) is 2.80. The van der Waals surface area contributed by atoms with Crippen LogP contribution in [0.1, 0.15) is 31.9 Å². The van der Waals surface area contributed by atoms with Crippen molar-refractivity contribution < 1.29 is 4.74 Å². The second-order valence-corrected chi connectivity index (χ2v) is 4.60. The largest absolute Gasteiger partial charge is 0.481 e. The van der Waals surface area contributed by atoms with E-state index in [1.54, 1.807) is 7.11 Å². The Morgan fingerprint density at radius 2 is 2.25 bits per heavy atom. The molecule has 1 unspecified atom stereocenters. The summed E-state index contributed by atoms with van der Waals surface area (Å²) in [6.45, 7) is 4.12. The number of hydrogen-bond acceptors (Lipinski definition) is 4. The number of hydrogen-bond donors (Lipinski definition) is 1. The smallest absolute Gasteiger partial charge is 0.226 e. The van der Waals surface area contributed by atoms with Crippen LogP contribution in [0.3, 0.4) is 0 Å². The molecule has 1 saturated carbocycles. The molecule has 16 heavy (non-hydrogen) atoms. The molecule has 1 aliphatic carbocycles. The highest BCUT2D eigenvalue weighted by Crippen LogP contribution is 2.33. The summed E-state index contributed by atoms with van der Waals surface area (Å²) in [5.74, 6) is 2.20. The Morgan fingerprint density at radius 3 is 2.88 bits per heavy atom.